The van der Waals surface area contributed by atoms with Gasteiger partial charge in [-0.15, -0.1) is 11.3 Å². The molecule has 0 radical (unpaired) electrons. The van der Waals surface area contributed by atoms with Crippen LogP contribution in [0.2, 0.25) is 0 Å². The summed E-state index contributed by atoms with van der Waals surface area (Å²) in [6.45, 7) is 6.07. The van der Waals surface area contributed by atoms with Crippen LogP contribution in [0.25, 0.3) is 10.4 Å². The van der Waals surface area contributed by atoms with Gasteiger partial charge in [-0.2, -0.15) is 0 Å². The molecule has 0 unspecified atom stereocenters. The monoisotopic (exact) mass is 614 g/mol. The average molecular weight is 615 g/mol. The molecule has 43 heavy (non-hydrogen) atoms. The van der Waals surface area contributed by atoms with Gasteiger partial charge in [0.05, 0.1) is 35.7 Å². The van der Waals surface area contributed by atoms with Gasteiger partial charge in [-0.05, 0) is 36.0 Å². The van der Waals surface area contributed by atoms with Crippen LogP contribution >= 0.6 is 11.3 Å². The number of carbonyl (C=O) groups excluding carboxylic acids is 4. The third-order valence-corrected chi connectivity index (χ3v) is 8.63. The molecule has 2 aliphatic heterocycles. The Morgan fingerprint density at radius 2 is 1.88 bits per heavy atom. The summed E-state index contributed by atoms with van der Waals surface area (Å²) in [6.07, 6.45) is 2.36. The number of benzene rings is 1. The molecule has 2 aliphatic rings. The molecule has 11 nitrogen and oxygen atoms in total. The number of nitrogens with zero attached hydrogens (tertiary/aromatic N) is 2. The summed E-state index contributed by atoms with van der Waals surface area (Å²) in [5.41, 5.74) is 3.82. The summed E-state index contributed by atoms with van der Waals surface area (Å²) in [7, 11) is 1.36. The number of hydrogen-bond donors (Lipinski definition) is 3. The van der Waals surface area contributed by atoms with Gasteiger partial charge in [0.15, 0.2) is 0 Å². The Morgan fingerprint density at radius 3 is 2.60 bits per heavy atom. The van der Waals surface area contributed by atoms with Crippen LogP contribution in [0.4, 0.5) is 0 Å². The fraction of sp³-hybridized carbons (Fsp3) is 0.581. The third-order valence-electron chi connectivity index (χ3n) is 7.73. The molecule has 1 fully saturated rings. The van der Waals surface area contributed by atoms with E-state index >= 15 is 0 Å². The highest BCUT2D eigenvalue weighted by atomic mass is 32.1. The smallest absolute Gasteiger partial charge is 0.305 e. The fourth-order valence-corrected chi connectivity index (χ4v) is 6.22. The van der Waals surface area contributed by atoms with Crippen molar-refractivity contribution in [1.29, 1.82) is 0 Å². The number of ether oxygens (including phenoxy) is 2. The summed E-state index contributed by atoms with van der Waals surface area (Å²) in [5.74, 6) is -0.394. The number of aromatic nitrogens is 1. The van der Waals surface area contributed by atoms with Gasteiger partial charge in [-0.3, -0.25) is 19.2 Å². The predicted molar refractivity (Wildman–Crippen MR) is 161 cm³/mol. The van der Waals surface area contributed by atoms with Crippen molar-refractivity contribution in [3.63, 3.8) is 0 Å². The van der Waals surface area contributed by atoms with Crippen molar-refractivity contribution in [2.24, 2.45) is 5.41 Å². The number of likely N-dealkylation sites (tertiary alicyclic amines) is 1. The lowest BCUT2D eigenvalue weighted by atomic mass is 9.85. The molecule has 0 bridgehead atoms. The number of β-amino-alcohol motifs (C(OH)–C–C–N with tert-alkyl or cyclic N) is 1. The van der Waals surface area contributed by atoms with Gasteiger partial charge in [0, 0.05) is 31.4 Å². The Morgan fingerprint density at radius 1 is 1.14 bits per heavy atom. The normalized spacial score (nSPS) is 18.2. The molecule has 3 atom stereocenters. The second-order valence-corrected chi connectivity index (χ2v) is 13.1. The number of hydrogen-bond acceptors (Lipinski definition) is 9. The summed E-state index contributed by atoms with van der Waals surface area (Å²) < 4.78 is 10.5. The second-order valence-electron chi connectivity index (χ2n) is 12.2. The zero-order valence-corrected chi connectivity index (χ0v) is 26.1. The molecule has 1 aromatic carbocycles. The third kappa shape index (κ3) is 8.54. The highest BCUT2D eigenvalue weighted by Crippen LogP contribution is 2.40. The van der Waals surface area contributed by atoms with E-state index in [1.807, 2.05) is 39.0 Å². The number of methoxy groups -OCH3 is 1. The summed E-state index contributed by atoms with van der Waals surface area (Å²) >= 11 is 1.56. The van der Waals surface area contributed by atoms with Gasteiger partial charge in [-0.1, -0.05) is 39.7 Å². The van der Waals surface area contributed by atoms with Crippen molar-refractivity contribution < 1.29 is 33.8 Å². The lowest BCUT2D eigenvalue weighted by Gasteiger charge is -2.35. The number of thiazole rings is 1. The van der Waals surface area contributed by atoms with Crippen molar-refractivity contribution in [2.45, 2.75) is 97.1 Å². The van der Waals surface area contributed by atoms with Gasteiger partial charge < -0.3 is 30.1 Å². The Hall–Kier alpha value is -3.51. The van der Waals surface area contributed by atoms with Gasteiger partial charge in [0.1, 0.15) is 24.6 Å². The van der Waals surface area contributed by atoms with E-state index in [1.54, 1.807) is 16.8 Å². The van der Waals surface area contributed by atoms with Gasteiger partial charge >= 0.3 is 5.97 Å². The highest BCUT2D eigenvalue weighted by molar-refractivity contribution is 7.13. The van der Waals surface area contributed by atoms with E-state index in [0.29, 0.717) is 31.6 Å². The second kappa shape index (κ2) is 14.3. The van der Waals surface area contributed by atoms with E-state index in [9.17, 15) is 24.3 Å². The van der Waals surface area contributed by atoms with Crippen molar-refractivity contribution >= 4 is 35.0 Å². The molecule has 3 heterocycles. The van der Waals surface area contributed by atoms with Crippen LogP contribution in [0, 0.1) is 5.41 Å². The number of fused-ring (bicyclic) bond motifs is 3. The average Bonchev–Trinajstić information content (AvgIpc) is 3.58. The number of esters is 1. The van der Waals surface area contributed by atoms with E-state index in [1.165, 1.54) is 12.0 Å². The largest absolute Gasteiger partial charge is 0.487 e. The topological polar surface area (TPSA) is 147 Å². The minimum absolute atomic E-state index is 0.0658. The Labute approximate surface area is 256 Å². The maximum Gasteiger partial charge on any atom is 0.305 e. The Balaban J connectivity index is 1.32. The van der Waals surface area contributed by atoms with E-state index in [4.69, 9.17) is 4.74 Å². The number of carbonyl (C=O) groups is 4. The quantitative estimate of drug-likeness (QED) is 0.244. The van der Waals surface area contributed by atoms with Gasteiger partial charge in [-0.25, -0.2) is 4.98 Å². The molecule has 1 saturated heterocycles. The molecule has 1 aromatic heterocycles. The molecule has 12 heteroatoms. The van der Waals surface area contributed by atoms with E-state index in [0.717, 1.165) is 34.5 Å². The van der Waals surface area contributed by atoms with Crippen molar-refractivity contribution in [2.75, 3.05) is 13.7 Å². The molecule has 4 rings (SSSR count). The number of aliphatic hydroxyl groups is 1. The molecule has 3 N–H and O–H groups in total. The molecule has 0 spiro atoms. The number of nitrogens with one attached hydrogen (secondary N) is 2. The van der Waals surface area contributed by atoms with Crippen molar-refractivity contribution in [1.82, 2.24) is 20.5 Å². The van der Waals surface area contributed by atoms with E-state index < -0.39 is 23.7 Å². The van der Waals surface area contributed by atoms with Crippen LogP contribution in [0.1, 0.15) is 77.0 Å². The molecule has 234 valence electrons. The molecule has 3 amide bonds. The number of aliphatic hydroxyl groups excluding tert-OH is 1. The van der Waals surface area contributed by atoms with Crippen molar-refractivity contribution in [3.05, 3.63) is 35.0 Å². The van der Waals surface area contributed by atoms with Gasteiger partial charge in [0.2, 0.25) is 17.7 Å². The number of rotatable bonds is 12. The molecular formula is C31H42N4O7S. The van der Waals surface area contributed by atoms with Crippen LogP contribution in [0.3, 0.4) is 0 Å². The minimum Gasteiger partial charge on any atom is -0.487 e. The molecular weight excluding hydrogens is 572 g/mol. The Kier molecular flexibility index (Phi) is 10.8. The maximum atomic E-state index is 13.8. The first kappa shape index (κ1) is 32.4. The van der Waals surface area contributed by atoms with Crippen LogP contribution < -0.4 is 15.4 Å². The minimum atomic E-state index is -0.835. The van der Waals surface area contributed by atoms with E-state index in [2.05, 4.69) is 20.4 Å². The molecule has 0 aliphatic carbocycles. The summed E-state index contributed by atoms with van der Waals surface area (Å²) in [6, 6.07) is 4.84. The van der Waals surface area contributed by atoms with Crippen LogP contribution in [0.15, 0.2) is 23.7 Å². The van der Waals surface area contributed by atoms with Crippen LogP contribution in [0.5, 0.6) is 5.75 Å². The first-order chi connectivity index (χ1) is 20.5. The number of unbranched alkanes of at least 4 members (excludes halogenated alkanes) is 3. The summed E-state index contributed by atoms with van der Waals surface area (Å²) in [4.78, 5) is 57.7. The Bertz CT molecular complexity index is 1320. The SMILES string of the molecule is COC(=O)CCCCCCC(=O)N[C@H](C(=O)N1C[C@H](O)C[C@H]1NC(=O)Cc1ccc2c(c1)OCc1ncsc1-2)C(C)(C)C. The zero-order valence-electron chi connectivity index (χ0n) is 25.3. The predicted octanol–water partition coefficient (Wildman–Crippen LogP) is 3.33. The summed E-state index contributed by atoms with van der Waals surface area (Å²) in [5, 5.41) is 16.3. The molecule has 0 saturated carbocycles. The lowest BCUT2D eigenvalue weighted by molar-refractivity contribution is -0.142. The first-order valence-corrected chi connectivity index (χ1v) is 15.7. The van der Waals surface area contributed by atoms with Crippen LogP contribution in [-0.2, 0) is 36.9 Å². The van der Waals surface area contributed by atoms with Crippen molar-refractivity contribution in [3.8, 4) is 16.2 Å². The van der Waals surface area contributed by atoms with Crippen LogP contribution in [-0.4, -0.2) is 70.6 Å². The maximum absolute atomic E-state index is 13.8. The fourth-order valence-electron chi connectivity index (χ4n) is 5.40. The zero-order chi connectivity index (χ0) is 31.1. The van der Waals surface area contributed by atoms with Gasteiger partial charge in [0.25, 0.3) is 0 Å². The van der Waals surface area contributed by atoms with E-state index in [-0.39, 0.29) is 49.5 Å². The molecule has 2 aromatic rings. The number of amides is 3. The lowest BCUT2D eigenvalue weighted by Crippen LogP contribution is -2.58. The first-order valence-electron chi connectivity index (χ1n) is 14.8. The highest BCUT2D eigenvalue weighted by Gasteiger charge is 2.42. The standard InChI is InChI=1S/C31H42N4O7S/c1-31(2,3)29(34-25(37)9-7-5-6-8-10-27(39)41-4)30(40)35-16-20(36)15-24(35)33-26(38)14-19-11-12-21-23(13-19)42-17-22-28(21)43-18-32-22/h11-13,18,20,24,29,36H,5-10,14-17H2,1-4H3,(H,33,38)(H,34,37)/t20-,24+,29-/m1/s1.